The molecule has 6 nitrogen and oxygen atoms in total. The highest BCUT2D eigenvalue weighted by molar-refractivity contribution is 5.96. The molecule has 1 aromatic carbocycles. The SMILES string of the molecule is CCN(C(=O)C1CN(C(=O)c2ccc3c(c2)OCO3)C1)C1CCCCC1. The summed E-state index contributed by atoms with van der Waals surface area (Å²) in [7, 11) is 0. The number of benzene rings is 1. The second-order valence-electron chi connectivity index (χ2n) is 7.39. The Hall–Kier alpha value is -2.24. The highest BCUT2D eigenvalue weighted by atomic mass is 16.7. The molecule has 0 atom stereocenters. The molecule has 1 saturated heterocycles. The first-order valence-electron chi connectivity index (χ1n) is 9.66. The van der Waals surface area contributed by atoms with Gasteiger partial charge in [0.2, 0.25) is 12.7 Å². The van der Waals surface area contributed by atoms with Gasteiger partial charge in [0, 0.05) is 31.2 Å². The number of carbonyl (C=O) groups excluding carboxylic acids is 2. The predicted octanol–water partition coefficient (Wildman–Crippen LogP) is 2.67. The fourth-order valence-corrected chi connectivity index (χ4v) is 4.23. The van der Waals surface area contributed by atoms with Crippen LogP contribution in [-0.2, 0) is 4.79 Å². The molecule has 26 heavy (non-hydrogen) atoms. The van der Waals surface area contributed by atoms with Gasteiger partial charge in [0.15, 0.2) is 11.5 Å². The quantitative estimate of drug-likeness (QED) is 0.830. The zero-order chi connectivity index (χ0) is 18.1. The van der Waals surface area contributed by atoms with E-state index in [0.29, 0.717) is 36.2 Å². The summed E-state index contributed by atoms with van der Waals surface area (Å²) in [6.45, 7) is 4.03. The molecular weight excluding hydrogens is 332 g/mol. The molecule has 2 amide bonds. The van der Waals surface area contributed by atoms with Gasteiger partial charge in [-0.25, -0.2) is 0 Å². The lowest BCUT2D eigenvalue weighted by Crippen LogP contribution is -2.58. The van der Waals surface area contributed by atoms with Crippen molar-refractivity contribution in [2.45, 2.75) is 45.1 Å². The molecule has 1 saturated carbocycles. The molecule has 0 bridgehead atoms. The molecule has 2 aliphatic heterocycles. The van der Waals surface area contributed by atoms with Crippen molar-refractivity contribution in [1.82, 2.24) is 9.80 Å². The maximum absolute atomic E-state index is 12.9. The summed E-state index contributed by atoms with van der Waals surface area (Å²) in [5, 5.41) is 0. The zero-order valence-electron chi connectivity index (χ0n) is 15.3. The van der Waals surface area contributed by atoms with Crippen LogP contribution in [0.25, 0.3) is 0 Å². The minimum atomic E-state index is -0.0603. The first kappa shape index (κ1) is 17.2. The lowest BCUT2D eigenvalue weighted by atomic mass is 9.91. The summed E-state index contributed by atoms with van der Waals surface area (Å²) in [5.41, 5.74) is 0.583. The Morgan fingerprint density at radius 3 is 2.58 bits per heavy atom. The third-order valence-electron chi connectivity index (χ3n) is 5.78. The molecule has 2 heterocycles. The van der Waals surface area contributed by atoms with Crippen molar-refractivity contribution in [2.24, 2.45) is 5.92 Å². The maximum Gasteiger partial charge on any atom is 0.254 e. The fraction of sp³-hybridized carbons (Fsp3) is 0.600. The second-order valence-corrected chi connectivity index (χ2v) is 7.39. The van der Waals surface area contributed by atoms with E-state index in [4.69, 9.17) is 9.47 Å². The van der Waals surface area contributed by atoms with Crippen molar-refractivity contribution in [3.05, 3.63) is 23.8 Å². The van der Waals surface area contributed by atoms with Gasteiger partial charge in [-0.3, -0.25) is 9.59 Å². The number of rotatable bonds is 4. The van der Waals surface area contributed by atoms with Crippen LogP contribution in [0.2, 0.25) is 0 Å². The van der Waals surface area contributed by atoms with Gasteiger partial charge in [0.1, 0.15) is 0 Å². The van der Waals surface area contributed by atoms with Gasteiger partial charge in [-0.2, -0.15) is 0 Å². The number of carbonyl (C=O) groups is 2. The molecule has 0 N–H and O–H groups in total. The Labute approximate surface area is 154 Å². The van der Waals surface area contributed by atoms with E-state index < -0.39 is 0 Å². The predicted molar refractivity (Wildman–Crippen MR) is 96.2 cm³/mol. The number of amides is 2. The van der Waals surface area contributed by atoms with Gasteiger partial charge in [0.05, 0.1) is 5.92 Å². The molecule has 6 heteroatoms. The van der Waals surface area contributed by atoms with Crippen LogP contribution < -0.4 is 9.47 Å². The van der Waals surface area contributed by atoms with Crippen LogP contribution in [0, 0.1) is 5.92 Å². The van der Waals surface area contributed by atoms with Crippen LogP contribution in [0.15, 0.2) is 18.2 Å². The van der Waals surface area contributed by atoms with Gasteiger partial charge >= 0.3 is 0 Å². The first-order valence-corrected chi connectivity index (χ1v) is 9.66. The average molecular weight is 358 g/mol. The van der Waals surface area contributed by atoms with Gasteiger partial charge in [-0.15, -0.1) is 0 Å². The van der Waals surface area contributed by atoms with Crippen molar-refractivity contribution < 1.29 is 19.1 Å². The van der Waals surface area contributed by atoms with E-state index in [9.17, 15) is 9.59 Å². The number of hydrogen-bond acceptors (Lipinski definition) is 4. The van der Waals surface area contributed by atoms with Crippen LogP contribution in [0.5, 0.6) is 11.5 Å². The molecule has 2 fully saturated rings. The van der Waals surface area contributed by atoms with E-state index in [1.54, 1.807) is 23.1 Å². The molecule has 1 aromatic rings. The third kappa shape index (κ3) is 3.13. The molecule has 3 aliphatic rings. The number of nitrogens with zero attached hydrogens (tertiary/aromatic N) is 2. The standard InChI is InChI=1S/C20H26N2O4/c1-2-22(16-6-4-3-5-7-16)20(24)15-11-21(12-15)19(23)14-8-9-17-18(10-14)26-13-25-17/h8-10,15-16H,2-7,11-13H2,1H3. The summed E-state index contributed by atoms with van der Waals surface area (Å²) >= 11 is 0. The van der Waals surface area contributed by atoms with E-state index in [2.05, 4.69) is 6.92 Å². The topological polar surface area (TPSA) is 59.1 Å². The molecule has 1 aliphatic carbocycles. The molecule has 0 radical (unpaired) electrons. The fourth-order valence-electron chi connectivity index (χ4n) is 4.23. The Balaban J connectivity index is 1.35. The monoisotopic (exact) mass is 358 g/mol. The van der Waals surface area contributed by atoms with E-state index in [0.717, 1.165) is 19.4 Å². The normalized spacial score (nSPS) is 20.0. The van der Waals surface area contributed by atoms with Crippen LogP contribution in [0.4, 0.5) is 0 Å². The minimum Gasteiger partial charge on any atom is -0.454 e. The van der Waals surface area contributed by atoms with Crippen molar-refractivity contribution >= 4 is 11.8 Å². The number of fused-ring (bicyclic) bond motifs is 1. The zero-order valence-corrected chi connectivity index (χ0v) is 15.3. The third-order valence-corrected chi connectivity index (χ3v) is 5.78. The lowest BCUT2D eigenvalue weighted by molar-refractivity contribution is -0.142. The van der Waals surface area contributed by atoms with Crippen molar-refractivity contribution in [2.75, 3.05) is 26.4 Å². The Morgan fingerprint density at radius 1 is 1.12 bits per heavy atom. The van der Waals surface area contributed by atoms with Gasteiger partial charge < -0.3 is 19.3 Å². The van der Waals surface area contributed by atoms with E-state index in [1.165, 1.54) is 19.3 Å². The smallest absolute Gasteiger partial charge is 0.254 e. The highest BCUT2D eigenvalue weighted by Gasteiger charge is 2.39. The summed E-state index contributed by atoms with van der Waals surface area (Å²) in [6, 6.07) is 5.63. The van der Waals surface area contributed by atoms with Crippen LogP contribution in [0.1, 0.15) is 49.4 Å². The Kier molecular flexibility index (Phi) is 4.74. The van der Waals surface area contributed by atoms with E-state index in [-0.39, 0.29) is 24.5 Å². The summed E-state index contributed by atoms with van der Waals surface area (Å²) in [4.78, 5) is 29.3. The summed E-state index contributed by atoms with van der Waals surface area (Å²) < 4.78 is 10.6. The lowest BCUT2D eigenvalue weighted by Gasteiger charge is -2.43. The molecule has 4 rings (SSSR count). The molecule has 0 unspecified atom stereocenters. The Morgan fingerprint density at radius 2 is 1.85 bits per heavy atom. The number of ether oxygens (including phenoxy) is 2. The molecule has 140 valence electrons. The van der Waals surface area contributed by atoms with E-state index in [1.807, 2.05) is 4.90 Å². The first-order chi connectivity index (χ1) is 12.7. The van der Waals surface area contributed by atoms with Crippen LogP contribution >= 0.6 is 0 Å². The highest BCUT2D eigenvalue weighted by Crippen LogP contribution is 2.33. The Bertz CT molecular complexity index is 693. The summed E-state index contributed by atoms with van der Waals surface area (Å²) in [6.07, 6.45) is 5.95. The van der Waals surface area contributed by atoms with Gasteiger partial charge in [0.25, 0.3) is 5.91 Å². The largest absolute Gasteiger partial charge is 0.454 e. The summed E-state index contributed by atoms with van der Waals surface area (Å²) in [5.74, 6) is 1.39. The number of likely N-dealkylation sites (tertiary alicyclic amines) is 1. The van der Waals surface area contributed by atoms with Crippen molar-refractivity contribution in [1.29, 1.82) is 0 Å². The molecule has 0 aromatic heterocycles. The van der Waals surface area contributed by atoms with Gasteiger partial charge in [-0.1, -0.05) is 19.3 Å². The number of hydrogen-bond donors (Lipinski definition) is 0. The van der Waals surface area contributed by atoms with Crippen LogP contribution in [0.3, 0.4) is 0 Å². The molecule has 0 spiro atoms. The minimum absolute atomic E-state index is 0.0481. The molecular formula is C20H26N2O4. The average Bonchev–Trinajstić information content (AvgIpc) is 3.09. The van der Waals surface area contributed by atoms with Crippen molar-refractivity contribution in [3.8, 4) is 11.5 Å². The van der Waals surface area contributed by atoms with Gasteiger partial charge in [-0.05, 0) is 38.0 Å². The van der Waals surface area contributed by atoms with Crippen molar-refractivity contribution in [3.63, 3.8) is 0 Å². The second kappa shape index (κ2) is 7.17. The maximum atomic E-state index is 12.9. The van der Waals surface area contributed by atoms with Crippen LogP contribution in [-0.4, -0.2) is 54.1 Å². The van der Waals surface area contributed by atoms with E-state index >= 15 is 0 Å².